The highest BCUT2D eigenvalue weighted by Gasteiger charge is 2.15. The number of nitrogens with zero attached hydrogens (tertiary/aromatic N) is 1. The summed E-state index contributed by atoms with van der Waals surface area (Å²) in [4.78, 5) is 27.9. The van der Waals surface area contributed by atoms with E-state index in [2.05, 4.69) is 41.7 Å². The maximum Gasteiger partial charge on any atom is 0.340 e. The molecule has 0 aliphatic heterocycles. The Morgan fingerprint density at radius 3 is 2.30 bits per heavy atom. The van der Waals surface area contributed by atoms with Crippen LogP contribution in [-0.2, 0) is 10.2 Å². The molecule has 2 aromatic rings. The third-order valence-corrected chi connectivity index (χ3v) is 3.78. The largest absolute Gasteiger partial charge is 0.454 e. The van der Waals surface area contributed by atoms with Gasteiger partial charge in [0, 0.05) is 22.4 Å². The number of hydrogen-bond donors (Lipinski definition) is 0. The molecule has 0 aliphatic rings. The molecule has 1 aromatic carbocycles. The number of aromatic nitrogens is 1. The van der Waals surface area contributed by atoms with Crippen molar-refractivity contribution in [3.8, 4) is 0 Å². The number of Topliss-reactive ketones (excluding diaryl/α,β-unsaturated/α-hetero) is 1. The van der Waals surface area contributed by atoms with E-state index in [9.17, 15) is 9.59 Å². The maximum atomic E-state index is 12.1. The molecule has 0 atom stereocenters. The summed E-state index contributed by atoms with van der Waals surface area (Å²) in [7, 11) is 0. The molecule has 1 heterocycles. The first-order valence-electron chi connectivity index (χ1n) is 7.19. The average molecular weight is 376 g/mol. The molecule has 23 heavy (non-hydrogen) atoms. The minimum Gasteiger partial charge on any atom is -0.454 e. The lowest BCUT2D eigenvalue weighted by molar-refractivity contribution is 0.0474. The zero-order valence-electron chi connectivity index (χ0n) is 13.3. The second-order valence-electron chi connectivity index (χ2n) is 6.22. The van der Waals surface area contributed by atoms with E-state index >= 15 is 0 Å². The number of benzene rings is 1. The van der Waals surface area contributed by atoms with Gasteiger partial charge < -0.3 is 4.74 Å². The SMILES string of the molecule is CC(C)(C)c1ccc(C(=O)COC(=O)c2cncc(Br)c2)cc1. The highest BCUT2D eigenvalue weighted by Crippen LogP contribution is 2.22. The number of halogens is 1. The second kappa shape index (κ2) is 7.04. The van der Waals surface area contributed by atoms with Crippen molar-refractivity contribution in [2.24, 2.45) is 0 Å². The Morgan fingerprint density at radius 2 is 1.74 bits per heavy atom. The van der Waals surface area contributed by atoms with Crippen LogP contribution in [0.5, 0.6) is 0 Å². The molecule has 0 fully saturated rings. The van der Waals surface area contributed by atoms with Gasteiger partial charge in [0.05, 0.1) is 5.56 Å². The molecule has 0 N–H and O–H groups in total. The number of carbonyl (C=O) groups excluding carboxylic acids is 2. The summed E-state index contributed by atoms with van der Waals surface area (Å²) in [6, 6.07) is 8.97. The lowest BCUT2D eigenvalue weighted by Crippen LogP contribution is -2.15. The van der Waals surface area contributed by atoms with E-state index < -0.39 is 5.97 Å². The molecule has 0 amide bonds. The van der Waals surface area contributed by atoms with Gasteiger partial charge in [-0.3, -0.25) is 9.78 Å². The van der Waals surface area contributed by atoms with Gasteiger partial charge in [-0.25, -0.2) is 4.79 Å². The summed E-state index contributed by atoms with van der Waals surface area (Å²) < 4.78 is 5.72. The first kappa shape index (κ1) is 17.3. The van der Waals surface area contributed by atoms with E-state index in [4.69, 9.17) is 4.74 Å². The predicted molar refractivity (Wildman–Crippen MR) is 91.7 cm³/mol. The molecular formula is C18H18BrNO3. The Balaban J connectivity index is 1.98. The van der Waals surface area contributed by atoms with Gasteiger partial charge in [0.25, 0.3) is 0 Å². The predicted octanol–water partition coefficient (Wildman–Crippen LogP) is 4.18. The Bertz CT molecular complexity index is 718. The number of rotatable bonds is 4. The van der Waals surface area contributed by atoms with Crippen molar-refractivity contribution >= 4 is 27.7 Å². The fourth-order valence-corrected chi connectivity index (χ4v) is 2.34. The van der Waals surface area contributed by atoms with Crippen molar-refractivity contribution in [1.29, 1.82) is 0 Å². The number of hydrogen-bond acceptors (Lipinski definition) is 4. The molecule has 0 radical (unpaired) electrons. The number of pyridine rings is 1. The zero-order valence-corrected chi connectivity index (χ0v) is 14.9. The molecule has 1 aromatic heterocycles. The molecule has 0 spiro atoms. The molecule has 0 unspecified atom stereocenters. The summed E-state index contributed by atoms with van der Waals surface area (Å²) in [6.07, 6.45) is 2.97. The zero-order chi connectivity index (χ0) is 17.0. The van der Waals surface area contributed by atoms with Gasteiger partial charge in [-0.05, 0) is 33.0 Å². The van der Waals surface area contributed by atoms with Crippen LogP contribution in [-0.4, -0.2) is 23.3 Å². The van der Waals surface area contributed by atoms with Crippen molar-refractivity contribution in [3.63, 3.8) is 0 Å². The summed E-state index contributed by atoms with van der Waals surface area (Å²) in [6.45, 7) is 6.03. The summed E-state index contributed by atoms with van der Waals surface area (Å²) >= 11 is 3.23. The first-order valence-corrected chi connectivity index (χ1v) is 7.98. The van der Waals surface area contributed by atoms with E-state index in [1.165, 1.54) is 6.20 Å². The van der Waals surface area contributed by atoms with Crippen molar-refractivity contribution in [2.45, 2.75) is 26.2 Å². The van der Waals surface area contributed by atoms with E-state index in [-0.39, 0.29) is 17.8 Å². The molecule has 0 aliphatic carbocycles. The molecular weight excluding hydrogens is 358 g/mol. The molecule has 0 saturated carbocycles. The number of ketones is 1. The van der Waals surface area contributed by atoms with Crippen molar-refractivity contribution < 1.29 is 14.3 Å². The summed E-state index contributed by atoms with van der Waals surface area (Å²) in [5.74, 6) is -0.805. The van der Waals surface area contributed by atoms with E-state index in [0.29, 0.717) is 15.6 Å². The normalized spacial score (nSPS) is 11.1. The molecule has 0 bridgehead atoms. The monoisotopic (exact) mass is 375 g/mol. The van der Waals surface area contributed by atoms with Gasteiger partial charge in [0.15, 0.2) is 12.4 Å². The van der Waals surface area contributed by atoms with Gasteiger partial charge in [-0.2, -0.15) is 0 Å². The number of esters is 1. The number of carbonyl (C=O) groups is 2. The van der Waals surface area contributed by atoms with Gasteiger partial charge in [0.1, 0.15) is 0 Å². The van der Waals surface area contributed by atoms with Crippen LogP contribution in [0.2, 0.25) is 0 Å². The average Bonchev–Trinajstić information content (AvgIpc) is 2.51. The Morgan fingerprint density at radius 1 is 1.09 bits per heavy atom. The minimum atomic E-state index is -0.571. The van der Waals surface area contributed by atoms with Crippen LogP contribution in [0.1, 0.15) is 47.1 Å². The van der Waals surface area contributed by atoms with Crippen molar-refractivity contribution in [3.05, 3.63) is 63.9 Å². The third-order valence-electron chi connectivity index (χ3n) is 3.35. The Kier molecular flexibility index (Phi) is 5.31. The second-order valence-corrected chi connectivity index (χ2v) is 7.13. The van der Waals surface area contributed by atoms with Crippen LogP contribution in [0, 0.1) is 0 Å². The van der Waals surface area contributed by atoms with E-state index in [1.54, 1.807) is 24.4 Å². The Labute approximate surface area is 144 Å². The third kappa shape index (κ3) is 4.73. The lowest BCUT2D eigenvalue weighted by atomic mass is 9.86. The Hall–Kier alpha value is -2.01. The van der Waals surface area contributed by atoms with Crippen LogP contribution in [0.15, 0.2) is 47.2 Å². The number of ether oxygens (including phenoxy) is 1. The lowest BCUT2D eigenvalue weighted by Gasteiger charge is -2.18. The van der Waals surface area contributed by atoms with Gasteiger partial charge in [-0.1, -0.05) is 45.0 Å². The smallest absolute Gasteiger partial charge is 0.340 e. The van der Waals surface area contributed by atoms with Crippen molar-refractivity contribution in [2.75, 3.05) is 6.61 Å². The first-order chi connectivity index (χ1) is 10.8. The fourth-order valence-electron chi connectivity index (χ4n) is 1.98. The van der Waals surface area contributed by atoms with Crippen LogP contribution in [0.4, 0.5) is 0 Å². The molecule has 5 heteroatoms. The summed E-state index contributed by atoms with van der Waals surface area (Å²) in [5.41, 5.74) is 2.00. The minimum absolute atomic E-state index is 0.0295. The molecule has 4 nitrogen and oxygen atoms in total. The molecule has 0 saturated heterocycles. The maximum absolute atomic E-state index is 12.1. The quantitative estimate of drug-likeness (QED) is 0.593. The van der Waals surface area contributed by atoms with E-state index in [0.717, 1.165) is 5.56 Å². The molecule has 120 valence electrons. The van der Waals surface area contributed by atoms with Crippen LogP contribution < -0.4 is 0 Å². The van der Waals surface area contributed by atoms with Gasteiger partial charge in [-0.15, -0.1) is 0 Å². The highest BCUT2D eigenvalue weighted by atomic mass is 79.9. The van der Waals surface area contributed by atoms with E-state index in [1.807, 2.05) is 12.1 Å². The summed E-state index contributed by atoms with van der Waals surface area (Å²) in [5, 5.41) is 0. The van der Waals surface area contributed by atoms with Crippen molar-refractivity contribution in [1.82, 2.24) is 4.98 Å². The fraction of sp³-hybridized carbons (Fsp3) is 0.278. The van der Waals surface area contributed by atoms with Crippen LogP contribution in [0.25, 0.3) is 0 Å². The molecule has 2 rings (SSSR count). The van der Waals surface area contributed by atoms with Crippen LogP contribution >= 0.6 is 15.9 Å². The highest BCUT2D eigenvalue weighted by molar-refractivity contribution is 9.10. The topological polar surface area (TPSA) is 56.3 Å². The van der Waals surface area contributed by atoms with Crippen LogP contribution in [0.3, 0.4) is 0 Å². The van der Waals surface area contributed by atoms with Gasteiger partial charge >= 0.3 is 5.97 Å². The van der Waals surface area contributed by atoms with Gasteiger partial charge in [0.2, 0.25) is 0 Å². The standard InChI is InChI=1S/C18H18BrNO3/c1-18(2,3)14-6-4-12(5-7-14)16(21)11-23-17(22)13-8-15(19)10-20-9-13/h4-10H,11H2,1-3H3.